The van der Waals surface area contributed by atoms with Crippen LogP contribution < -0.4 is 16.1 Å². The summed E-state index contributed by atoms with van der Waals surface area (Å²) in [6.07, 6.45) is 0. The summed E-state index contributed by atoms with van der Waals surface area (Å²) in [5.74, 6) is 0.585. The fourth-order valence-electron chi connectivity index (χ4n) is 3.67. The molecule has 5 aromatic carbocycles. The molecule has 0 aliphatic carbocycles. The van der Waals surface area contributed by atoms with Gasteiger partial charge < -0.3 is 15.7 Å². The Morgan fingerprint density at radius 1 is 0.725 bits per heavy atom. The molecule has 0 aliphatic rings. The van der Waals surface area contributed by atoms with Crippen molar-refractivity contribution in [3.05, 3.63) is 103 Å². The average Bonchev–Trinajstić information content (AvgIpc) is 2.95. The number of nitrogens with one attached hydrogen (secondary N) is 1. The highest BCUT2D eigenvalue weighted by Crippen LogP contribution is 2.37. The molecule has 5 aromatic rings. The number of anilines is 2. The van der Waals surface area contributed by atoms with E-state index in [2.05, 4.69) is 25.9 Å². The molecule has 0 spiro atoms. The van der Waals surface area contributed by atoms with Gasteiger partial charge >= 0.3 is 0 Å². The van der Waals surface area contributed by atoms with Crippen molar-refractivity contribution < 1.29 is 22.9 Å². The van der Waals surface area contributed by atoms with Crippen LogP contribution in [0.3, 0.4) is 0 Å². The van der Waals surface area contributed by atoms with E-state index in [1.807, 2.05) is 12.1 Å². The van der Waals surface area contributed by atoms with Crippen molar-refractivity contribution in [2.24, 2.45) is 20.5 Å². The third-order valence-electron chi connectivity index (χ3n) is 5.68. The van der Waals surface area contributed by atoms with Crippen molar-refractivity contribution >= 4 is 55.0 Å². The zero-order valence-electron chi connectivity index (χ0n) is 20.7. The van der Waals surface area contributed by atoms with E-state index >= 15 is 0 Å². The van der Waals surface area contributed by atoms with Crippen LogP contribution in [0.4, 0.5) is 34.1 Å². The Balaban J connectivity index is 1.27. The number of hydrogen-bond donors (Lipinski definition) is 4. The van der Waals surface area contributed by atoms with Crippen molar-refractivity contribution in [1.82, 2.24) is 0 Å². The van der Waals surface area contributed by atoms with E-state index < -0.39 is 10.1 Å². The Morgan fingerprint density at radius 2 is 1.38 bits per heavy atom. The Morgan fingerprint density at radius 3 is 2.05 bits per heavy atom. The van der Waals surface area contributed by atoms with Crippen molar-refractivity contribution in [2.75, 3.05) is 11.2 Å². The molecule has 0 unspecified atom stereocenters. The molecule has 0 amide bonds. The second kappa shape index (κ2) is 11.2. The first kappa shape index (κ1) is 26.3. The number of hydrogen-bond acceptors (Lipinski definition) is 10. The van der Waals surface area contributed by atoms with Gasteiger partial charge in [0.1, 0.15) is 16.3 Å². The summed E-state index contributed by atoms with van der Waals surface area (Å²) >= 11 is 0. The van der Waals surface area contributed by atoms with Crippen LogP contribution in [0.25, 0.3) is 10.8 Å². The zero-order valence-corrected chi connectivity index (χ0v) is 21.5. The van der Waals surface area contributed by atoms with Crippen LogP contribution >= 0.6 is 0 Å². The van der Waals surface area contributed by atoms with Gasteiger partial charge in [-0.3, -0.25) is 4.55 Å². The van der Waals surface area contributed by atoms with Crippen LogP contribution in [0.1, 0.15) is 0 Å². The number of rotatable bonds is 8. The standard InChI is InChI=1S/C28H22N6O5S/c29-19-6-13-23(14-7-19)39-34-22-12-15-24-18(17-22)5-16-26(28(24)35)33-31-21-10-8-20(9-11-21)30-32-25-3-1-2-4-27(25)40(36,37)38/h1-17,34-35H,29H2,(H,36,37,38). The van der Waals surface area contributed by atoms with Gasteiger partial charge in [0.2, 0.25) is 0 Å². The van der Waals surface area contributed by atoms with Crippen molar-refractivity contribution in [3.8, 4) is 11.5 Å². The monoisotopic (exact) mass is 554 g/mol. The lowest BCUT2D eigenvalue weighted by Crippen LogP contribution is -2.04. The molecule has 11 nitrogen and oxygen atoms in total. The number of azo groups is 2. The van der Waals surface area contributed by atoms with Gasteiger partial charge in [-0.25, -0.2) is 5.48 Å². The normalized spacial score (nSPS) is 11.8. The lowest BCUT2D eigenvalue weighted by molar-refractivity contribution is 0.405. The molecule has 0 saturated carbocycles. The van der Waals surface area contributed by atoms with E-state index in [9.17, 15) is 18.1 Å². The number of benzene rings is 5. The molecule has 0 aliphatic heterocycles. The van der Waals surface area contributed by atoms with Crippen LogP contribution in [0.5, 0.6) is 11.5 Å². The molecule has 0 aromatic heterocycles. The maximum atomic E-state index is 11.5. The minimum absolute atomic E-state index is 0.0118. The van der Waals surface area contributed by atoms with Gasteiger partial charge in [0.05, 0.1) is 17.1 Å². The van der Waals surface area contributed by atoms with Crippen LogP contribution in [-0.2, 0) is 10.1 Å². The number of fused-ring (bicyclic) bond motifs is 1. The Kier molecular flexibility index (Phi) is 7.35. The van der Waals surface area contributed by atoms with Gasteiger partial charge in [-0.15, -0.1) is 10.2 Å². The zero-order chi connectivity index (χ0) is 28.1. The maximum absolute atomic E-state index is 11.5. The first-order valence-electron chi connectivity index (χ1n) is 11.8. The molecule has 0 heterocycles. The molecule has 5 rings (SSSR count). The highest BCUT2D eigenvalue weighted by molar-refractivity contribution is 7.86. The number of aromatic hydroxyl groups is 1. The van der Waals surface area contributed by atoms with Crippen LogP contribution in [0.2, 0.25) is 0 Å². The lowest BCUT2D eigenvalue weighted by Gasteiger charge is -2.10. The number of phenolic OH excluding ortho intramolecular Hbond substituents is 1. The van der Waals surface area contributed by atoms with E-state index in [0.717, 1.165) is 5.39 Å². The predicted molar refractivity (Wildman–Crippen MR) is 152 cm³/mol. The summed E-state index contributed by atoms with van der Waals surface area (Å²) in [5, 5.41) is 28.4. The molecule has 0 radical (unpaired) electrons. The van der Waals surface area contributed by atoms with Crippen molar-refractivity contribution in [2.45, 2.75) is 4.90 Å². The van der Waals surface area contributed by atoms with E-state index in [4.69, 9.17) is 10.6 Å². The van der Waals surface area contributed by atoms with E-state index in [-0.39, 0.29) is 22.0 Å². The topological polar surface area (TPSA) is 171 Å². The third-order valence-corrected chi connectivity index (χ3v) is 6.58. The fraction of sp³-hybridized carbons (Fsp3) is 0. The van der Waals surface area contributed by atoms with Gasteiger partial charge in [-0.1, -0.05) is 18.2 Å². The van der Waals surface area contributed by atoms with Gasteiger partial charge in [-0.05, 0) is 90.3 Å². The predicted octanol–water partition coefficient (Wildman–Crippen LogP) is 7.61. The fourth-order valence-corrected chi connectivity index (χ4v) is 4.29. The number of nitrogens with two attached hydrogens (primary N) is 1. The molecule has 0 saturated heterocycles. The number of nitrogens with zero attached hydrogens (tertiary/aromatic N) is 4. The van der Waals surface area contributed by atoms with Gasteiger partial charge in [0.25, 0.3) is 10.1 Å². The molecule has 5 N–H and O–H groups in total. The molecule has 0 bridgehead atoms. The largest absolute Gasteiger partial charge is 0.505 e. The van der Waals surface area contributed by atoms with Crippen LogP contribution in [0, 0.1) is 0 Å². The second-order valence-corrected chi connectivity index (χ2v) is 9.89. The molecular weight excluding hydrogens is 532 g/mol. The summed E-state index contributed by atoms with van der Waals surface area (Å²) in [6.45, 7) is 0. The van der Waals surface area contributed by atoms with Crippen LogP contribution in [-0.4, -0.2) is 18.1 Å². The quantitative estimate of drug-likeness (QED) is 0.0661. The average molecular weight is 555 g/mol. The smallest absolute Gasteiger partial charge is 0.296 e. The number of nitrogen functional groups attached to an aromatic ring is 1. The Bertz CT molecular complexity index is 1840. The minimum atomic E-state index is -4.43. The highest BCUT2D eigenvalue weighted by Gasteiger charge is 2.14. The molecule has 12 heteroatoms. The van der Waals surface area contributed by atoms with Crippen molar-refractivity contribution in [3.63, 3.8) is 0 Å². The molecular formula is C28H22N6O5S. The molecule has 200 valence electrons. The maximum Gasteiger partial charge on any atom is 0.296 e. The first-order chi connectivity index (χ1) is 19.3. The van der Waals surface area contributed by atoms with Gasteiger partial charge in [0, 0.05) is 11.1 Å². The second-order valence-electron chi connectivity index (χ2n) is 8.50. The number of phenols is 1. The van der Waals surface area contributed by atoms with Gasteiger partial charge in [-0.2, -0.15) is 18.6 Å². The SMILES string of the molecule is Nc1ccc(ONc2ccc3c(O)c(N=Nc4ccc(N=Nc5ccccc5S(=O)(=O)O)cc4)ccc3c2)cc1. The first-order valence-corrected chi connectivity index (χ1v) is 13.2. The molecule has 0 atom stereocenters. The minimum Gasteiger partial charge on any atom is -0.505 e. The summed E-state index contributed by atoms with van der Waals surface area (Å²) in [5.41, 5.74) is 11.1. The van der Waals surface area contributed by atoms with E-state index in [0.29, 0.717) is 33.9 Å². The molecule has 0 fully saturated rings. The Hall–Kier alpha value is -5.33. The van der Waals surface area contributed by atoms with Gasteiger partial charge in [0.15, 0.2) is 11.5 Å². The Labute approximate surface area is 229 Å². The highest BCUT2D eigenvalue weighted by atomic mass is 32.2. The summed E-state index contributed by atoms with van der Waals surface area (Å²) < 4.78 is 32.3. The summed E-state index contributed by atoms with van der Waals surface area (Å²) in [6, 6.07) is 28.0. The van der Waals surface area contributed by atoms with Crippen LogP contribution in [0.15, 0.2) is 128 Å². The van der Waals surface area contributed by atoms with E-state index in [1.54, 1.807) is 72.8 Å². The summed E-state index contributed by atoms with van der Waals surface area (Å²) in [4.78, 5) is 5.22. The molecule has 40 heavy (non-hydrogen) atoms. The van der Waals surface area contributed by atoms with Crippen molar-refractivity contribution in [1.29, 1.82) is 0 Å². The van der Waals surface area contributed by atoms with E-state index in [1.165, 1.54) is 18.2 Å². The summed E-state index contributed by atoms with van der Waals surface area (Å²) in [7, 11) is -4.43. The third kappa shape index (κ3) is 6.20. The lowest BCUT2D eigenvalue weighted by atomic mass is 10.1.